The predicted molar refractivity (Wildman–Crippen MR) is 61.8 cm³/mol. The SMILES string of the molecule is CC1CN(CC2=CCCCC2)CCC1=O. The highest BCUT2D eigenvalue weighted by Gasteiger charge is 2.23. The molecule has 1 aliphatic carbocycles. The average molecular weight is 207 g/mol. The van der Waals surface area contributed by atoms with Crippen molar-refractivity contribution < 1.29 is 4.79 Å². The van der Waals surface area contributed by atoms with Crippen LogP contribution in [0, 0.1) is 5.92 Å². The number of carbonyl (C=O) groups is 1. The van der Waals surface area contributed by atoms with E-state index in [-0.39, 0.29) is 5.92 Å². The van der Waals surface area contributed by atoms with Crippen molar-refractivity contribution in [3.8, 4) is 0 Å². The molecule has 2 nitrogen and oxygen atoms in total. The normalized spacial score (nSPS) is 29.0. The topological polar surface area (TPSA) is 20.3 Å². The van der Waals surface area contributed by atoms with Crippen LogP contribution in [0.3, 0.4) is 0 Å². The Morgan fingerprint density at radius 2 is 2.27 bits per heavy atom. The summed E-state index contributed by atoms with van der Waals surface area (Å²) in [5.74, 6) is 0.701. The molecule has 1 aliphatic heterocycles. The molecule has 0 saturated carbocycles. The molecule has 0 amide bonds. The fourth-order valence-corrected chi connectivity index (χ4v) is 2.57. The molecule has 0 spiro atoms. The summed E-state index contributed by atoms with van der Waals surface area (Å²) >= 11 is 0. The Kier molecular flexibility index (Phi) is 3.57. The average Bonchev–Trinajstić information content (AvgIpc) is 2.25. The first kappa shape index (κ1) is 10.9. The van der Waals surface area contributed by atoms with Gasteiger partial charge in [0, 0.05) is 32.0 Å². The van der Waals surface area contributed by atoms with Gasteiger partial charge in [0.25, 0.3) is 0 Å². The van der Waals surface area contributed by atoms with Gasteiger partial charge >= 0.3 is 0 Å². The lowest BCUT2D eigenvalue weighted by Gasteiger charge is -2.31. The number of rotatable bonds is 2. The Balaban J connectivity index is 1.84. The first-order valence-electron chi connectivity index (χ1n) is 6.18. The molecule has 1 saturated heterocycles. The van der Waals surface area contributed by atoms with Gasteiger partial charge in [0.1, 0.15) is 5.78 Å². The van der Waals surface area contributed by atoms with Crippen molar-refractivity contribution in [3.05, 3.63) is 11.6 Å². The maximum absolute atomic E-state index is 11.4. The first-order chi connectivity index (χ1) is 7.25. The van der Waals surface area contributed by atoms with E-state index in [0.717, 1.165) is 26.1 Å². The van der Waals surface area contributed by atoms with Gasteiger partial charge in [-0.25, -0.2) is 0 Å². The molecule has 0 aromatic heterocycles. The monoisotopic (exact) mass is 207 g/mol. The van der Waals surface area contributed by atoms with Gasteiger partial charge in [-0.3, -0.25) is 9.69 Å². The Labute approximate surface area is 92.3 Å². The van der Waals surface area contributed by atoms with Gasteiger partial charge in [-0.1, -0.05) is 18.6 Å². The lowest BCUT2D eigenvalue weighted by atomic mass is 9.95. The molecule has 0 radical (unpaired) electrons. The van der Waals surface area contributed by atoms with Gasteiger partial charge < -0.3 is 0 Å². The molecule has 0 bridgehead atoms. The molecule has 15 heavy (non-hydrogen) atoms. The molecule has 2 heteroatoms. The first-order valence-corrected chi connectivity index (χ1v) is 6.18. The van der Waals surface area contributed by atoms with E-state index in [9.17, 15) is 4.79 Å². The Hall–Kier alpha value is -0.630. The lowest BCUT2D eigenvalue weighted by Crippen LogP contribution is -2.40. The summed E-state index contributed by atoms with van der Waals surface area (Å²) in [5, 5.41) is 0. The zero-order valence-corrected chi connectivity index (χ0v) is 9.67. The zero-order valence-electron chi connectivity index (χ0n) is 9.67. The van der Waals surface area contributed by atoms with Crippen LogP contribution in [0.25, 0.3) is 0 Å². The molecule has 2 rings (SSSR count). The molecule has 84 valence electrons. The molecular weight excluding hydrogens is 186 g/mol. The summed E-state index contributed by atoms with van der Waals surface area (Å²) < 4.78 is 0. The van der Waals surface area contributed by atoms with Gasteiger partial charge in [0.05, 0.1) is 0 Å². The van der Waals surface area contributed by atoms with Crippen molar-refractivity contribution in [2.75, 3.05) is 19.6 Å². The fourth-order valence-electron chi connectivity index (χ4n) is 2.57. The summed E-state index contributed by atoms with van der Waals surface area (Å²) in [7, 11) is 0. The molecule has 1 atom stereocenters. The van der Waals surface area contributed by atoms with Crippen LogP contribution < -0.4 is 0 Å². The van der Waals surface area contributed by atoms with Crippen molar-refractivity contribution in [2.24, 2.45) is 5.92 Å². The molecule has 1 fully saturated rings. The second kappa shape index (κ2) is 4.93. The standard InChI is InChI=1S/C13H21NO/c1-11-9-14(8-7-13(11)15)10-12-5-3-2-4-6-12/h5,11H,2-4,6-10H2,1H3. The van der Waals surface area contributed by atoms with Crippen LogP contribution in [0.5, 0.6) is 0 Å². The van der Waals surface area contributed by atoms with Crippen molar-refractivity contribution >= 4 is 5.78 Å². The number of Topliss-reactive ketones (excluding diaryl/α,β-unsaturated/α-hetero) is 1. The Bertz CT molecular complexity index is 270. The third-order valence-corrected chi connectivity index (χ3v) is 3.57. The predicted octanol–water partition coefficient (Wildman–Crippen LogP) is 2.40. The fraction of sp³-hybridized carbons (Fsp3) is 0.769. The summed E-state index contributed by atoms with van der Waals surface area (Å²) in [5.41, 5.74) is 1.60. The third kappa shape index (κ3) is 2.91. The van der Waals surface area contributed by atoms with Gasteiger partial charge in [-0.15, -0.1) is 0 Å². The van der Waals surface area contributed by atoms with E-state index in [2.05, 4.69) is 17.9 Å². The molecule has 0 aromatic carbocycles. The highest BCUT2D eigenvalue weighted by molar-refractivity contribution is 5.81. The maximum atomic E-state index is 11.4. The highest BCUT2D eigenvalue weighted by Crippen LogP contribution is 2.20. The van der Waals surface area contributed by atoms with Gasteiger partial charge in [-0.05, 0) is 25.7 Å². The molecule has 0 aromatic rings. The summed E-state index contributed by atoms with van der Waals surface area (Å²) in [4.78, 5) is 13.8. The molecule has 1 unspecified atom stereocenters. The van der Waals surface area contributed by atoms with Crippen LogP contribution in [0.1, 0.15) is 39.0 Å². The van der Waals surface area contributed by atoms with E-state index in [1.165, 1.54) is 25.7 Å². The second-order valence-corrected chi connectivity index (χ2v) is 4.96. The highest BCUT2D eigenvalue weighted by atomic mass is 16.1. The third-order valence-electron chi connectivity index (χ3n) is 3.57. The molecular formula is C13H21NO. The van der Waals surface area contributed by atoms with E-state index in [0.29, 0.717) is 5.78 Å². The van der Waals surface area contributed by atoms with E-state index in [4.69, 9.17) is 0 Å². The quantitative estimate of drug-likeness (QED) is 0.648. The zero-order chi connectivity index (χ0) is 10.7. The van der Waals surface area contributed by atoms with E-state index >= 15 is 0 Å². The lowest BCUT2D eigenvalue weighted by molar-refractivity contribution is -0.125. The molecule has 1 heterocycles. The minimum absolute atomic E-state index is 0.253. The smallest absolute Gasteiger partial charge is 0.138 e. The number of likely N-dealkylation sites (tertiary alicyclic amines) is 1. The van der Waals surface area contributed by atoms with Crippen molar-refractivity contribution in [3.63, 3.8) is 0 Å². The van der Waals surface area contributed by atoms with Gasteiger partial charge in [0.2, 0.25) is 0 Å². The number of hydrogen-bond donors (Lipinski definition) is 0. The minimum atomic E-state index is 0.253. The Morgan fingerprint density at radius 3 is 2.93 bits per heavy atom. The number of hydrogen-bond acceptors (Lipinski definition) is 2. The largest absolute Gasteiger partial charge is 0.299 e. The van der Waals surface area contributed by atoms with Crippen LogP contribution in [0.4, 0.5) is 0 Å². The maximum Gasteiger partial charge on any atom is 0.138 e. The number of ketones is 1. The second-order valence-electron chi connectivity index (χ2n) is 4.96. The number of piperidine rings is 1. The van der Waals surface area contributed by atoms with Crippen molar-refractivity contribution in [1.29, 1.82) is 0 Å². The van der Waals surface area contributed by atoms with Crippen molar-refractivity contribution in [2.45, 2.75) is 39.0 Å². The molecule has 0 N–H and O–H groups in total. The van der Waals surface area contributed by atoms with Crippen LogP contribution in [-0.4, -0.2) is 30.3 Å². The van der Waals surface area contributed by atoms with E-state index < -0.39 is 0 Å². The number of carbonyl (C=O) groups excluding carboxylic acids is 1. The van der Waals surface area contributed by atoms with Gasteiger partial charge in [0.15, 0.2) is 0 Å². The summed E-state index contributed by atoms with van der Waals surface area (Å²) in [6, 6.07) is 0. The number of nitrogens with zero attached hydrogens (tertiary/aromatic N) is 1. The van der Waals surface area contributed by atoms with Crippen LogP contribution >= 0.6 is 0 Å². The summed E-state index contributed by atoms with van der Waals surface area (Å²) in [6.07, 6.45) is 8.42. The van der Waals surface area contributed by atoms with E-state index in [1.54, 1.807) is 5.57 Å². The number of allylic oxidation sites excluding steroid dienone is 1. The Morgan fingerprint density at radius 1 is 1.40 bits per heavy atom. The van der Waals surface area contributed by atoms with Crippen molar-refractivity contribution in [1.82, 2.24) is 4.90 Å². The van der Waals surface area contributed by atoms with Crippen LogP contribution in [0.15, 0.2) is 11.6 Å². The van der Waals surface area contributed by atoms with Crippen LogP contribution in [-0.2, 0) is 4.79 Å². The van der Waals surface area contributed by atoms with E-state index in [1.807, 2.05) is 0 Å². The van der Waals surface area contributed by atoms with Crippen LogP contribution in [0.2, 0.25) is 0 Å². The molecule has 2 aliphatic rings. The summed E-state index contributed by atoms with van der Waals surface area (Å²) in [6.45, 7) is 5.11. The van der Waals surface area contributed by atoms with Gasteiger partial charge in [-0.2, -0.15) is 0 Å². The minimum Gasteiger partial charge on any atom is -0.299 e.